The predicted octanol–water partition coefficient (Wildman–Crippen LogP) is 1.40. The first kappa shape index (κ1) is 10.0. The normalized spacial score (nSPS) is 27.5. The fourth-order valence-electron chi connectivity index (χ4n) is 1.41. The summed E-state index contributed by atoms with van der Waals surface area (Å²) < 4.78 is 0. The minimum Gasteiger partial charge on any atom is -0.342 e. The molecular formula is C10H16N2O. The van der Waals surface area contributed by atoms with Crippen LogP contribution in [0.15, 0.2) is 0 Å². The number of nitriles is 1. The maximum Gasteiger partial charge on any atom is 0.225 e. The van der Waals surface area contributed by atoms with Crippen LogP contribution in [-0.4, -0.2) is 23.9 Å². The first-order valence-corrected chi connectivity index (χ1v) is 4.71. The van der Waals surface area contributed by atoms with Gasteiger partial charge in [-0.25, -0.2) is 0 Å². The van der Waals surface area contributed by atoms with Gasteiger partial charge in [0.1, 0.15) is 0 Å². The fourth-order valence-corrected chi connectivity index (χ4v) is 1.41. The second-order valence-electron chi connectivity index (χ2n) is 3.98. The van der Waals surface area contributed by atoms with Crippen LogP contribution in [0.25, 0.3) is 0 Å². The quantitative estimate of drug-likeness (QED) is 0.659. The van der Waals surface area contributed by atoms with Gasteiger partial charge in [-0.3, -0.25) is 4.79 Å². The van der Waals surface area contributed by atoms with Gasteiger partial charge in [0.15, 0.2) is 0 Å². The number of carbonyl (C=O) groups excluding carboxylic acids is 1. The van der Waals surface area contributed by atoms with Crippen LogP contribution in [0.2, 0.25) is 0 Å². The lowest BCUT2D eigenvalue weighted by Crippen LogP contribution is -2.36. The molecule has 0 heterocycles. The molecule has 13 heavy (non-hydrogen) atoms. The third-order valence-corrected chi connectivity index (χ3v) is 2.82. The highest BCUT2D eigenvalue weighted by molar-refractivity contribution is 5.81. The Hall–Kier alpha value is -1.04. The van der Waals surface area contributed by atoms with Crippen molar-refractivity contribution in [2.24, 2.45) is 11.8 Å². The van der Waals surface area contributed by atoms with Gasteiger partial charge in [0.05, 0.1) is 12.5 Å². The Kier molecular flexibility index (Phi) is 2.92. The zero-order valence-corrected chi connectivity index (χ0v) is 8.45. The largest absolute Gasteiger partial charge is 0.342 e. The van der Waals surface area contributed by atoms with E-state index in [1.54, 1.807) is 11.9 Å². The van der Waals surface area contributed by atoms with Gasteiger partial charge in [-0.05, 0) is 19.3 Å². The third-order valence-electron chi connectivity index (χ3n) is 2.82. The standard InChI is InChI=1S/C10H16N2O/c1-7-6-9(7)10(13)12(3)8(2)4-5-11/h7-9H,4,6H2,1-3H3. The van der Waals surface area contributed by atoms with Crippen molar-refractivity contribution in [2.75, 3.05) is 7.05 Å². The number of rotatable bonds is 3. The fraction of sp³-hybridized carbons (Fsp3) is 0.800. The lowest BCUT2D eigenvalue weighted by Gasteiger charge is -2.22. The third kappa shape index (κ3) is 2.21. The minimum atomic E-state index is 0.0466. The zero-order chi connectivity index (χ0) is 10.0. The number of hydrogen-bond acceptors (Lipinski definition) is 2. The van der Waals surface area contributed by atoms with E-state index in [1.165, 1.54) is 0 Å². The average molecular weight is 180 g/mol. The number of amides is 1. The topological polar surface area (TPSA) is 44.1 Å². The second-order valence-corrected chi connectivity index (χ2v) is 3.98. The summed E-state index contributed by atoms with van der Waals surface area (Å²) >= 11 is 0. The van der Waals surface area contributed by atoms with Crippen LogP contribution in [0.1, 0.15) is 26.7 Å². The molecule has 0 aromatic rings. The number of hydrogen-bond donors (Lipinski definition) is 0. The Morgan fingerprint density at radius 3 is 2.69 bits per heavy atom. The van der Waals surface area contributed by atoms with E-state index < -0.39 is 0 Å². The van der Waals surface area contributed by atoms with Gasteiger partial charge >= 0.3 is 0 Å². The summed E-state index contributed by atoms with van der Waals surface area (Å²) in [5.41, 5.74) is 0. The number of carbonyl (C=O) groups is 1. The average Bonchev–Trinajstić information content (AvgIpc) is 2.80. The molecule has 0 spiro atoms. The summed E-state index contributed by atoms with van der Waals surface area (Å²) in [6.07, 6.45) is 1.44. The Balaban J connectivity index is 2.43. The molecule has 0 N–H and O–H groups in total. The molecule has 3 atom stereocenters. The highest BCUT2D eigenvalue weighted by Crippen LogP contribution is 2.39. The van der Waals surface area contributed by atoms with Crippen molar-refractivity contribution in [2.45, 2.75) is 32.7 Å². The van der Waals surface area contributed by atoms with Crippen molar-refractivity contribution in [3.8, 4) is 6.07 Å². The summed E-state index contributed by atoms with van der Waals surface area (Å²) in [6.45, 7) is 4.00. The van der Waals surface area contributed by atoms with Crippen LogP contribution >= 0.6 is 0 Å². The highest BCUT2D eigenvalue weighted by Gasteiger charge is 2.41. The molecule has 0 saturated heterocycles. The summed E-state index contributed by atoms with van der Waals surface area (Å²) in [7, 11) is 1.79. The smallest absolute Gasteiger partial charge is 0.225 e. The molecule has 1 rings (SSSR count). The van der Waals surface area contributed by atoms with E-state index in [4.69, 9.17) is 5.26 Å². The maximum absolute atomic E-state index is 11.6. The van der Waals surface area contributed by atoms with Gasteiger partial charge in [-0.1, -0.05) is 6.92 Å². The van der Waals surface area contributed by atoms with E-state index in [9.17, 15) is 4.79 Å². The Morgan fingerprint density at radius 1 is 1.77 bits per heavy atom. The van der Waals surface area contributed by atoms with Crippen molar-refractivity contribution >= 4 is 5.91 Å². The monoisotopic (exact) mass is 180 g/mol. The van der Waals surface area contributed by atoms with Crippen molar-refractivity contribution in [1.82, 2.24) is 4.90 Å². The van der Waals surface area contributed by atoms with Crippen LogP contribution in [0, 0.1) is 23.2 Å². The Bertz CT molecular complexity index is 244. The van der Waals surface area contributed by atoms with E-state index in [2.05, 4.69) is 13.0 Å². The van der Waals surface area contributed by atoms with E-state index in [0.717, 1.165) is 6.42 Å². The molecule has 1 fully saturated rings. The molecular weight excluding hydrogens is 164 g/mol. The Morgan fingerprint density at radius 2 is 2.31 bits per heavy atom. The number of nitrogens with zero attached hydrogens (tertiary/aromatic N) is 2. The van der Waals surface area contributed by atoms with Gasteiger partial charge in [0.25, 0.3) is 0 Å². The molecule has 0 aliphatic heterocycles. The van der Waals surface area contributed by atoms with Crippen LogP contribution in [-0.2, 0) is 4.79 Å². The van der Waals surface area contributed by atoms with Crippen molar-refractivity contribution in [3.63, 3.8) is 0 Å². The van der Waals surface area contributed by atoms with Gasteiger partial charge < -0.3 is 4.90 Å². The molecule has 1 saturated carbocycles. The van der Waals surface area contributed by atoms with E-state index in [1.807, 2.05) is 6.92 Å². The molecule has 3 nitrogen and oxygen atoms in total. The second kappa shape index (κ2) is 3.78. The van der Waals surface area contributed by atoms with Crippen LogP contribution in [0.4, 0.5) is 0 Å². The predicted molar refractivity (Wildman–Crippen MR) is 49.7 cm³/mol. The minimum absolute atomic E-state index is 0.0466. The first-order chi connectivity index (χ1) is 6.07. The van der Waals surface area contributed by atoms with E-state index in [0.29, 0.717) is 12.3 Å². The summed E-state index contributed by atoms with van der Waals surface area (Å²) in [4.78, 5) is 13.4. The Labute approximate surface area is 79.3 Å². The lowest BCUT2D eigenvalue weighted by atomic mass is 10.2. The molecule has 0 aromatic heterocycles. The molecule has 1 aliphatic carbocycles. The SMILES string of the molecule is CC1CC1C(=O)N(C)C(C)CC#N. The van der Waals surface area contributed by atoms with E-state index >= 15 is 0 Å². The summed E-state index contributed by atoms with van der Waals surface area (Å²) in [5.74, 6) is 0.977. The molecule has 1 amide bonds. The summed E-state index contributed by atoms with van der Waals surface area (Å²) in [5, 5.41) is 8.49. The highest BCUT2D eigenvalue weighted by atomic mass is 16.2. The van der Waals surface area contributed by atoms with Crippen LogP contribution in [0.5, 0.6) is 0 Å². The van der Waals surface area contributed by atoms with Crippen molar-refractivity contribution < 1.29 is 4.79 Å². The van der Waals surface area contributed by atoms with Crippen LogP contribution < -0.4 is 0 Å². The lowest BCUT2D eigenvalue weighted by molar-refractivity contribution is -0.133. The van der Waals surface area contributed by atoms with Crippen LogP contribution in [0.3, 0.4) is 0 Å². The van der Waals surface area contributed by atoms with Crippen molar-refractivity contribution in [3.05, 3.63) is 0 Å². The first-order valence-electron chi connectivity index (χ1n) is 4.71. The van der Waals surface area contributed by atoms with Gasteiger partial charge in [0, 0.05) is 19.0 Å². The van der Waals surface area contributed by atoms with Gasteiger partial charge in [-0.15, -0.1) is 0 Å². The maximum atomic E-state index is 11.6. The molecule has 0 aromatic carbocycles. The molecule has 72 valence electrons. The molecule has 1 aliphatic rings. The summed E-state index contributed by atoms with van der Waals surface area (Å²) in [6, 6.07) is 2.13. The molecule has 0 radical (unpaired) electrons. The van der Waals surface area contributed by atoms with Crippen molar-refractivity contribution in [1.29, 1.82) is 5.26 Å². The zero-order valence-electron chi connectivity index (χ0n) is 8.45. The molecule has 3 heteroatoms. The molecule has 3 unspecified atom stereocenters. The van der Waals surface area contributed by atoms with Gasteiger partial charge in [0.2, 0.25) is 5.91 Å². The molecule has 0 bridgehead atoms. The van der Waals surface area contributed by atoms with Gasteiger partial charge in [-0.2, -0.15) is 5.26 Å². The van der Waals surface area contributed by atoms with E-state index in [-0.39, 0.29) is 17.9 Å².